The Balaban J connectivity index is 2.87. The van der Waals surface area contributed by atoms with Crippen LogP contribution in [0.2, 0.25) is 0 Å². The largest absolute Gasteiger partial charge is 0.395 e. The van der Waals surface area contributed by atoms with Crippen LogP contribution in [-0.4, -0.2) is 35.7 Å². The summed E-state index contributed by atoms with van der Waals surface area (Å²) in [5, 5.41) is 11.8. The lowest BCUT2D eigenvalue weighted by Gasteiger charge is -2.16. The van der Waals surface area contributed by atoms with E-state index >= 15 is 0 Å². The highest BCUT2D eigenvalue weighted by molar-refractivity contribution is 7.98. The van der Waals surface area contributed by atoms with Gasteiger partial charge in [0.2, 0.25) is 0 Å². The first-order valence-electron chi connectivity index (χ1n) is 7.12. The predicted octanol–water partition coefficient (Wildman–Crippen LogP) is 2.60. The molecular weight excluding hydrogens is 282 g/mol. The van der Waals surface area contributed by atoms with Crippen LogP contribution in [0.5, 0.6) is 0 Å². The molecule has 0 bridgehead atoms. The summed E-state index contributed by atoms with van der Waals surface area (Å²) in [5.74, 6) is 6.72. The SMILES string of the molecule is CCC(CSC)NC(=O)c1cc(C)cc(C#CCCO)c1. The number of carbonyl (C=O) groups is 1. The minimum atomic E-state index is -0.0511. The first-order valence-corrected chi connectivity index (χ1v) is 8.51. The molecule has 0 spiro atoms. The van der Waals surface area contributed by atoms with Crippen molar-refractivity contribution in [2.45, 2.75) is 32.7 Å². The number of carbonyl (C=O) groups excluding carboxylic acids is 1. The molecule has 1 amide bonds. The molecule has 4 heteroatoms. The van der Waals surface area contributed by atoms with Gasteiger partial charge in [0, 0.05) is 29.3 Å². The monoisotopic (exact) mass is 305 g/mol. The van der Waals surface area contributed by atoms with Crippen LogP contribution < -0.4 is 5.32 Å². The molecule has 0 radical (unpaired) electrons. The van der Waals surface area contributed by atoms with Gasteiger partial charge in [-0.1, -0.05) is 18.8 Å². The van der Waals surface area contributed by atoms with Crippen molar-refractivity contribution in [1.29, 1.82) is 0 Å². The van der Waals surface area contributed by atoms with Crippen molar-refractivity contribution in [3.8, 4) is 11.8 Å². The number of hydrogen-bond acceptors (Lipinski definition) is 3. The molecule has 0 heterocycles. The van der Waals surface area contributed by atoms with Crippen LogP contribution in [0.4, 0.5) is 0 Å². The fraction of sp³-hybridized carbons (Fsp3) is 0.471. The average molecular weight is 305 g/mol. The van der Waals surface area contributed by atoms with E-state index in [9.17, 15) is 4.79 Å². The van der Waals surface area contributed by atoms with Crippen molar-refractivity contribution in [3.05, 3.63) is 34.9 Å². The molecule has 0 fully saturated rings. The number of amides is 1. The number of aliphatic hydroxyl groups excluding tert-OH is 1. The van der Waals surface area contributed by atoms with E-state index in [-0.39, 0.29) is 18.6 Å². The van der Waals surface area contributed by atoms with Crippen LogP contribution in [0, 0.1) is 18.8 Å². The van der Waals surface area contributed by atoms with Gasteiger partial charge in [0.1, 0.15) is 0 Å². The predicted molar refractivity (Wildman–Crippen MR) is 89.7 cm³/mol. The number of benzene rings is 1. The molecule has 1 atom stereocenters. The van der Waals surface area contributed by atoms with Crippen LogP contribution in [0.3, 0.4) is 0 Å². The highest BCUT2D eigenvalue weighted by atomic mass is 32.2. The van der Waals surface area contributed by atoms with Gasteiger partial charge in [-0.3, -0.25) is 4.79 Å². The zero-order valence-electron chi connectivity index (χ0n) is 12.9. The molecule has 2 N–H and O–H groups in total. The van der Waals surface area contributed by atoms with Gasteiger partial charge in [0.05, 0.1) is 6.61 Å². The molecule has 1 unspecified atom stereocenters. The van der Waals surface area contributed by atoms with Crippen molar-refractivity contribution < 1.29 is 9.90 Å². The second-order valence-electron chi connectivity index (χ2n) is 4.90. The Labute approximate surface area is 131 Å². The van der Waals surface area contributed by atoms with Gasteiger partial charge >= 0.3 is 0 Å². The normalized spacial score (nSPS) is 11.4. The Bertz CT molecular complexity index is 531. The van der Waals surface area contributed by atoms with Gasteiger partial charge in [0.25, 0.3) is 5.91 Å². The standard InChI is InChI=1S/C17H23NO2S/c1-4-16(12-21-3)18-17(20)15-10-13(2)9-14(11-15)7-5-6-8-19/h9-11,16,19H,4,6,8,12H2,1-3H3,(H,18,20). The molecule has 0 saturated carbocycles. The van der Waals surface area contributed by atoms with E-state index in [4.69, 9.17) is 5.11 Å². The molecule has 114 valence electrons. The molecule has 1 aromatic carbocycles. The lowest BCUT2D eigenvalue weighted by Crippen LogP contribution is -2.36. The van der Waals surface area contributed by atoms with Crippen LogP contribution in [-0.2, 0) is 0 Å². The van der Waals surface area contributed by atoms with Crippen molar-refractivity contribution >= 4 is 17.7 Å². The van der Waals surface area contributed by atoms with Gasteiger partial charge in [-0.2, -0.15) is 11.8 Å². The van der Waals surface area contributed by atoms with Crippen LogP contribution in [0.25, 0.3) is 0 Å². The molecule has 3 nitrogen and oxygen atoms in total. The zero-order valence-corrected chi connectivity index (χ0v) is 13.7. The van der Waals surface area contributed by atoms with Crippen molar-refractivity contribution in [2.24, 2.45) is 0 Å². The maximum atomic E-state index is 12.3. The molecule has 0 aliphatic carbocycles. The Morgan fingerprint density at radius 1 is 1.43 bits per heavy atom. The van der Waals surface area contributed by atoms with Crippen LogP contribution in [0.1, 0.15) is 41.3 Å². The third-order valence-electron chi connectivity index (χ3n) is 3.00. The minimum Gasteiger partial charge on any atom is -0.395 e. The Morgan fingerprint density at radius 3 is 2.81 bits per heavy atom. The average Bonchev–Trinajstić information content (AvgIpc) is 2.46. The summed E-state index contributed by atoms with van der Waals surface area (Å²) in [6.45, 7) is 4.08. The molecular formula is C17H23NO2S. The summed E-state index contributed by atoms with van der Waals surface area (Å²) in [4.78, 5) is 12.3. The topological polar surface area (TPSA) is 49.3 Å². The molecule has 21 heavy (non-hydrogen) atoms. The van der Waals surface area contributed by atoms with Gasteiger partial charge in [-0.25, -0.2) is 0 Å². The van der Waals surface area contributed by atoms with E-state index in [0.29, 0.717) is 12.0 Å². The number of hydrogen-bond donors (Lipinski definition) is 2. The minimum absolute atomic E-state index is 0.0511. The van der Waals surface area contributed by atoms with Crippen molar-refractivity contribution in [1.82, 2.24) is 5.32 Å². The summed E-state index contributed by atoms with van der Waals surface area (Å²) < 4.78 is 0. The second-order valence-corrected chi connectivity index (χ2v) is 5.81. The fourth-order valence-corrected chi connectivity index (χ4v) is 2.66. The second kappa shape index (κ2) is 9.49. The van der Waals surface area contributed by atoms with Gasteiger partial charge in [-0.05, 0) is 43.4 Å². The van der Waals surface area contributed by atoms with E-state index in [1.807, 2.05) is 25.3 Å². The number of rotatable bonds is 6. The summed E-state index contributed by atoms with van der Waals surface area (Å²) >= 11 is 1.73. The van der Waals surface area contributed by atoms with Crippen molar-refractivity contribution in [3.63, 3.8) is 0 Å². The Morgan fingerprint density at radius 2 is 2.19 bits per heavy atom. The van der Waals surface area contributed by atoms with E-state index in [1.54, 1.807) is 17.8 Å². The third kappa shape index (κ3) is 6.24. The van der Waals surface area contributed by atoms with Gasteiger partial charge in [-0.15, -0.1) is 0 Å². The van der Waals surface area contributed by atoms with Crippen LogP contribution >= 0.6 is 11.8 Å². The molecule has 1 aromatic rings. The van der Waals surface area contributed by atoms with Crippen molar-refractivity contribution in [2.75, 3.05) is 18.6 Å². The molecule has 0 saturated heterocycles. The zero-order chi connectivity index (χ0) is 15.7. The molecule has 1 rings (SSSR count). The Hall–Kier alpha value is -1.44. The highest BCUT2D eigenvalue weighted by Crippen LogP contribution is 2.10. The molecule has 0 aliphatic rings. The first kappa shape index (κ1) is 17.6. The van der Waals surface area contributed by atoms with E-state index in [0.717, 1.165) is 23.3 Å². The lowest BCUT2D eigenvalue weighted by atomic mass is 10.1. The van der Waals surface area contributed by atoms with Gasteiger partial charge in [0.15, 0.2) is 0 Å². The highest BCUT2D eigenvalue weighted by Gasteiger charge is 2.12. The van der Waals surface area contributed by atoms with Crippen LogP contribution in [0.15, 0.2) is 18.2 Å². The summed E-state index contributed by atoms with van der Waals surface area (Å²) in [6, 6.07) is 5.81. The number of thioether (sulfide) groups is 1. The summed E-state index contributed by atoms with van der Waals surface area (Å²) in [7, 11) is 0. The fourth-order valence-electron chi connectivity index (χ4n) is 1.94. The number of aryl methyl sites for hydroxylation is 1. The number of nitrogens with one attached hydrogen (secondary N) is 1. The maximum Gasteiger partial charge on any atom is 0.251 e. The van der Waals surface area contributed by atoms with Gasteiger partial charge < -0.3 is 10.4 Å². The third-order valence-corrected chi connectivity index (χ3v) is 3.74. The van der Waals surface area contributed by atoms with E-state index in [2.05, 4.69) is 24.1 Å². The smallest absolute Gasteiger partial charge is 0.251 e. The maximum absolute atomic E-state index is 12.3. The number of aliphatic hydroxyl groups is 1. The molecule has 0 aromatic heterocycles. The summed E-state index contributed by atoms with van der Waals surface area (Å²) in [6.07, 6.45) is 3.40. The quantitative estimate of drug-likeness (QED) is 0.794. The molecule has 0 aliphatic heterocycles. The first-order chi connectivity index (χ1) is 10.1. The van der Waals surface area contributed by atoms with E-state index in [1.165, 1.54) is 0 Å². The van der Waals surface area contributed by atoms with E-state index < -0.39 is 0 Å². The summed E-state index contributed by atoms with van der Waals surface area (Å²) in [5.41, 5.74) is 2.46. The lowest BCUT2D eigenvalue weighted by molar-refractivity contribution is 0.0940. The Kier molecular flexibility index (Phi) is 7.96.